The van der Waals surface area contributed by atoms with E-state index in [2.05, 4.69) is 16.9 Å². The number of carbonyl (C=O) groups excluding carboxylic acids is 2. The van der Waals surface area contributed by atoms with Crippen molar-refractivity contribution < 1.29 is 19.1 Å². The molecule has 0 N–H and O–H groups in total. The van der Waals surface area contributed by atoms with Gasteiger partial charge in [-0.3, -0.25) is 4.79 Å². The van der Waals surface area contributed by atoms with Crippen LogP contribution in [0.15, 0.2) is 48.5 Å². The number of amides is 1. The number of benzene rings is 2. The van der Waals surface area contributed by atoms with E-state index in [0.29, 0.717) is 24.4 Å². The number of esters is 1. The Labute approximate surface area is 140 Å². The Hall–Kier alpha value is -2.82. The summed E-state index contributed by atoms with van der Waals surface area (Å²) in [4.78, 5) is 25.7. The molecule has 0 saturated heterocycles. The monoisotopic (exact) mass is 325 g/mol. The van der Waals surface area contributed by atoms with Crippen molar-refractivity contribution in [3.05, 3.63) is 65.2 Å². The van der Waals surface area contributed by atoms with Crippen molar-refractivity contribution in [2.45, 2.75) is 13.0 Å². The van der Waals surface area contributed by atoms with E-state index in [1.54, 1.807) is 29.2 Å². The molecule has 2 aromatic carbocycles. The van der Waals surface area contributed by atoms with Crippen molar-refractivity contribution >= 4 is 11.9 Å². The van der Waals surface area contributed by atoms with Crippen LogP contribution >= 0.6 is 0 Å². The lowest BCUT2D eigenvalue weighted by atomic mass is 10.00. The van der Waals surface area contributed by atoms with Crippen LogP contribution in [0.2, 0.25) is 0 Å². The average Bonchev–Trinajstić information content (AvgIpc) is 2.65. The standard InChI is InChI=1S/C19H19NO4/c1-23-19(22)15-7-4-8-17(11-15)24-13-18(21)20-10-9-14-5-2-3-6-16(14)12-20/h2-8,11H,9-10,12-13H2,1H3. The summed E-state index contributed by atoms with van der Waals surface area (Å²) in [5.74, 6) is -0.0175. The molecule has 5 heteroatoms. The van der Waals surface area contributed by atoms with Crippen LogP contribution in [0.5, 0.6) is 5.75 Å². The molecule has 0 radical (unpaired) electrons. The van der Waals surface area contributed by atoms with E-state index in [4.69, 9.17) is 4.74 Å². The molecule has 2 aromatic rings. The smallest absolute Gasteiger partial charge is 0.337 e. The maximum Gasteiger partial charge on any atom is 0.337 e. The molecule has 0 bridgehead atoms. The second kappa shape index (κ2) is 7.17. The molecule has 0 aromatic heterocycles. The number of rotatable bonds is 4. The number of nitrogens with zero attached hydrogens (tertiary/aromatic N) is 1. The summed E-state index contributed by atoms with van der Waals surface area (Å²) in [7, 11) is 1.33. The molecule has 0 saturated carbocycles. The number of ether oxygens (including phenoxy) is 2. The zero-order valence-corrected chi connectivity index (χ0v) is 13.5. The fourth-order valence-corrected chi connectivity index (χ4v) is 2.78. The summed E-state index contributed by atoms with van der Waals surface area (Å²) < 4.78 is 10.2. The van der Waals surface area contributed by atoms with Gasteiger partial charge in [-0.2, -0.15) is 0 Å². The lowest BCUT2D eigenvalue weighted by Gasteiger charge is -2.28. The maximum atomic E-state index is 12.4. The first-order valence-corrected chi connectivity index (χ1v) is 7.83. The van der Waals surface area contributed by atoms with Crippen molar-refractivity contribution in [1.82, 2.24) is 4.90 Å². The summed E-state index contributed by atoms with van der Waals surface area (Å²) in [6.45, 7) is 1.26. The van der Waals surface area contributed by atoms with Crippen molar-refractivity contribution in [2.75, 3.05) is 20.3 Å². The first-order chi connectivity index (χ1) is 11.7. The van der Waals surface area contributed by atoms with Gasteiger partial charge in [-0.05, 0) is 35.7 Å². The Morgan fingerprint density at radius 2 is 1.88 bits per heavy atom. The Balaban J connectivity index is 1.59. The molecular weight excluding hydrogens is 306 g/mol. The van der Waals surface area contributed by atoms with Gasteiger partial charge in [0.25, 0.3) is 5.91 Å². The molecule has 1 amide bonds. The molecule has 0 spiro atoms. The second-order valence-electron chi connectivity index (χ2n) is 5.64. The third-order valence-electron chi connectivity index (χ3n) is 4.10. The maximum absolute atomic E-state index is 12.4. The molecule has 0 atom stereocenters. The van der Waals surface area contributed by atoms with Crippen LogP contribution in [0.25, 0.3) is 0 Å². The summed E-state index contributed by atoms with van der Waals surface area (Å²) in [6, 6.07) is 14.8. The fourth-order valence-electron chi connectivity index (χ4n) is 2.78. The third-order valence-corrected chi connectivity index (χ3v) is 4.10. The molecule has 124 valence electrons. The van der Waals surface area contributed by atoms with Crippen LogP contribution < -0.4 is 4.74 Å². The van der Waals surface area contributed by atoms with Gasteiger partial charge in [0.1, 0.15) is 5.75 Å². The van der Waals surface area contributed by atoms with E-state index in [0.717, 1.165) is 6.42 Å². The van der Waals surface area contributed by atoms with Gasteiger partial charge in [-0.1, -0.05) is 30.3 Å². The average molecular weight is 325 g/mol. The SMILES string of the molecule is COC(=O)c1cccc(OCC(=O)N2CCc3ccccc3C2)c1. The lowest BCUT2D eigenvalue weighted by Crippen LogP contribution is -2.38. The first-order valence-electron chi connectivity index (χ1n) is 7.83. The van der Waals surface area contributed by atoms with Crippen molar-refractivity contribution in [2.24, 2.45) is 0 Å². The molecule has 0 unspecified atom stereocenters. The largest absolute Gasteiger partial charge is 0.484 e. The van der Waals surface area contributed by atoms with Gasteiger partial charge < -0.3 is 14.4 Å². The predicted molar refractivity (Wildman–Crippen MR) is 88.8 cm³/mol. The Bertz CT molecular complexity index is 757. The van der Waals surface area contributed by atoms with Gasteiger partial charge in [0.15, 0.2) is 6.61 Å². The second-order valence-corrected chi connectivity index (χ2v) is 5.64. The van der Waals surface area contributed by atoms with Gasteiger partial charge in [-0.25, -0.2) is 4.79 Å². The number of methoxy groups -OCH3 is 1. The highest BCUT2D eigenvalue weighted by molar-refractivity contribution is 5.89. The van der Waals surface area contributed by atoms with E-state index < -0.39 is 5.97 Å². The van der Waals surface area contributed by atoms with Crippen LogP contribution in [0.4, 0.5) is 0 Å². The lowest BCUT2D eigenvalue weighted by molar-refractivity contribution is -0.134. The number of hydrogen-bond acceptors (Lipinski definition) is 4. The van der Waals surface area contributed by atoms with E-state index in [9.17, 15) is 9.59 Å². The summed E-state index contributed by atoms with van der Waals surface area (Å²) in [5.41, 5.74) is 2.88. The first kappa shape index (κ1) is 16.1. The zero-order chi connectivity index (χ0) is 16.9. The highest BCUT2D eigenvalue weighted by Gasteiger charge is 2.20. The molecule has 1 aliphatic rings. The Morgan fingerprint density at radius 1 is 1.08 bits per heavy atom. The highest BCUT2D eigenvalue weighted by atomic mass is 16.5. The van der Waals surface area contributed by atoms with E-state index in [-0.39, 0.29) is 12.5 Å². The fraction of sp³-hybridized carbons (Fsp3) is 0.263. The molecule has 3 rings (SSSR count). The molecule has 24 heavy (non-hydrogen) atoms. The molecule has 5 nitrogen and oxygen atoms in total. The van der Waals surface area contributed by atoms with Gasteiger partial charge in [0, 0.05) is 13.1 Å². The summed E-state index contributed by atoms with van der Waals surface area (Å²) >= 11 is 0. The Kier molecular flexibility index (Phi) is 4.79. The van der Waals surface area contributed by atoms with Crippen molar-refractivity contribution in [3.8, 4) is 5.75 Å². The topological polar surface area (TPSA) is 55.8 Å². The van der Waals surface area contributed by atoms with Crippen LogP contribution in [-0.2, 0) is 22.5 Å². The van der Waals surface area contributed by atoms with Crippen molar-refractivity contribution in [1.29, 1.82) is 0 Å². The van der Waals surface area contributed by atoms with Gasteiger partial charge in [0.05, 0.1) is 12.7 Å². The quantitative estimate of drug-likeness (QED) is 0.810. The minimum atomic E-state index is -0.431. The zero-order valence-electron chi connectivity index (χ0n) is 13.5. The minimum Gasteiger partial charge on any atom is -0.484 e. The Morgan fingerprint density at radius 3 is 2.67 bits per heavy atom. The van der Waals surface area contributed by atoms with E-state index in [1.165, 1.54) is 18.2 Å². The molecule has 0 aliphatic carbocycles. The molecule has 0 fully saturated rings. The van der Waals surface area contributed by atoms with Gasteiger partial charge in [-0.15, -0.1) is 0 Å². The van der Waals surface area contributed by atoms with Crippen LogP contribution in [0, 0.1) is 0 Å². The summed E-state index contributed by atoms with van der Waals surface area (Å²) in [6.07, 6.45) is 0.861. The van der Waals surface area contributed by atoms with Gasteiger partial charge in [0.2, 0.25) is 0 Å². The molecule has 1 aliphatic heterocycles. The van der Waals surface area contributed by atoms with Crippen LogP contribution in [0.1, 0.15) is 21.5 Å². The van der Waals surface area contributed by atoms with E-state index in [1.807, 2.05) is 12.1 Å². The normalized spacial score (nSPS) is 13.1. The van der Waals surface area contributed by atoms with Crippen molar-refractivity contribution in [3.63, 3.8) is 0 Å². The van der Waals surface area contributed by atoms with Crippen LogP contribution in [-0.4, -0.2) is 37.0 Å². The predicted octanol–water partition coefficient (Wildman–Crippen LogP) is 2.44. The van der Waals surface area contributed by atoms with Gasteiger partial charge >= 0.3 is 5.97 Å². The number of carbonyl (C=O) groups is 2. The highest BCUT2D eigenvalue weighted by Crippen LogP contribution is 2.19. The number of hydrogen-bond donors (Lipinski definition) is 0. The van der Waals surface area contributed by atoms with E-state index >= 15 is 0 Å². The molecular formula is C19H19NO4. The third kappa shape index (κ3) is 3.56. The molecule has 1 heterocycles. The minimum absolute atomic E-state index is 0.0488. The number of fused-ring (bicyclic) bond motifs is 1. The van der Waals surface area contributed by atoms with Crippen LogP contribution in [0.3, 0.4) is 0 Å². The summed E-state index contributed by atoms with van der Waals surface area (Å²) in [5, 5.41) is 0.